The van der Waals surface area contributed by atoms with E-state index in [-0.39, 0.29) is 16.2 Å². The van der Waals surface area contributed by atoms with E-state index in [4.69, 9.17) is 0 Å². The maximum absolute atomic E-state index is 12.1. The third-order valence-electron chi connectivity index (χ3n) is 3.20. The molecule has 0 aromatic heterocycles. The molecule has 0 fully saturated rings. The van der Waals surface area contributed by atoms with Crippen molar-refractivity contribution in [3.63, 3.8) is 0 Å². The predicted molar refractivity (Wildman–Crippen MR) is 100 cm³/mol. The molecule has 2 rings (SSSR count). The fraction of sp³-hybridized carbons (Fsp3) is 0.125. The zero-order valence-corrected chi connectivity index (χ0v) is 15.9. The van der Waals surface area contributed by atoms with E-state index in [2.05, 4.69) is 33.1 Å². The molecule has 126 valence electrons. The number of amides is 1. The highest BCUT2D eigenvalue weighted by atomic mass is 127. The van der Waals surface area contributed by atoms with Crippen molar-refractivity contribution in [2.45, 2.75) is 11.8 Å². The number of aromatic hydroxyl groups is 1. The van der Waals surface area contributed by atoms with Crippen LogP contribution in [0.1, 0.15) is 22.8 Å². The summed E-state index contributed by atoms with van der Waals surface area (Å²) in [7, 11) is -3.39. The van der Waals surface area contributed by atoms with Crippen molar-refractivity contribution in [3.8, 4) is 5.75 Å². The lowest BCUT2D eigenvalue weighted by Gasteiger charge is -2.06. The summed E-state index contributed by atoms with van der Waals surface area (Å²) in [5, 5.41) is 13.8. The first-order valence-electron chi connectivity index (χ1n) is 6.82. The molecule has 0 aliphatic carbocycles. The number of benzene rings is 2. The van der Waals surface area contributed by atoms with Gasteiger partial charge in [0.25, 0.3) is 5.91 Å². The van der Waals surface area contributed by atoms with Crippen LogP contribution in [0.25, 0.3) is 0 Å². The van der Waals surface area contributed by atoms with Crippen molar-refractivity contribution < 1.29 is 18.3 Å². The molecule has 0 atom stereocenters. The Bertz CT molecular complexity index is 923. The van der Waals surface area contributed by atoms with Crippen molar-refractivity contribution in [1.82, 2.24) is 5.43 Å². The van der Waals surface area contributed by atoms with Crippen LogP contribution in [0, 0.1) is 3.57 Å². The van der Waals surface area contributed by atoms with E-state index in [0.717, 1.165) is 9.83 Å². The van der Waals surface area contributed by atoms with Gasteiger partial charge in [0.15, 0.2) is 9.84 Å². The summed E-state index contributed by atoms with van der Waals surface area (Å²) in [6.07, 6.45) is 1.08. The summed E-state index contributed by atoms with van der Waals surface area (Å²) in [6, 6.07) is 10.7. The molecule has 2 aromatic carbocycles. The monoisotopic (exact) mass is 458 g/mol. The van der Waals surface area contributed by atoms with Crippen LogP contribution in [0.2, 0.25) is 0 Å². The Balaban J connectivity index is 2.22. The number of nitrogens with zero attached hydrogens (tertiary/aromatic N) is 1. The second-order valence-electron chi connectivity index (χ2n) is 5.10. The van der Waals surface area contributed by atoms with Gasteiger partial charge in [0.2, 0.25) is 0 Å². The summed E-state index contributed by atoms with van der Waals surface area (Å²) in [4.78, 5) is 12.2. The van der Waals surface area contributed by atoms with Crippen molar-refractivity contribution >= 4 is 44.0 Å². The number of hydrogen-bond donors (Lipinski definition) is 2. The number of halogens is 1. The van der Waals surface area contributed by atoms with Crippen LogP contribution in [0.5, 0.6) is 5.75 Å². The van der Waals surface area contributed by atoms with Crippen LogP contribution in [0.15, 0.2) is 52.5 Å². The first kappa shape index (κ1) is 18.4. The molecule has 0 heterocycles. The number of carbonyl (C=O) groups is 1. The van der Waals surface area contributed by atoms with E-state index in [1.54, 1.807) is 25.1 Å². The smallest absolute Gasteiger partial charge is 0.271 e. The third kappa shape index (κ3) is 4.54. The Morgan fingerprint density at radius 2 is 1.92 bits per heavy atom. The van der Waals surface area contributed by atoms with E-state index >= 15 is 0 Å². The van der Waals surface area contributed by atoms with Gasteiger partial charge in [0.1, 0.15) is 5.75 Å². The highest BCUT2D eigenvalue weighted by molar-refractivity contribution is 14.1. The number of hydrogen-bond acceptors (Lipinski definition) is 5. The highest BCUT2D eigenvalue weighted by Gasteiger charge is 2.12. The Morgan fingerprint density at radius 1 is 1.21 bits per heavy atom. The highest BCUT2D eigenvalue weighted by Crippen LogP contribution is 2.20. The van der Waals surface area contributed by atoms with Gasteiger partial charge in [-0.3, -0.25) is 4.79 Å². The van der Waals surface area contributed by atoms with Gasteiger partial charge < -0.3 is 5.11 Å². The Labute approximate surface area is 153 Å². The molecule has 0 radical (unpaired) electrons. The zero-order valence-electron chi connectivity index (χ0n) is 12.9. The van der Waals surface area contributed by atoms with Crippen LogP contribution in [-0.4, -0.2) is 31.4 Å². The van der Waals surface area contributed by atoms with Gasteiger partial charge in [0.05, 0.1) is 10.6 Å². The van der Waals surface area contributed by atoms with Gasteiger partial charge in [-0.15, -0.1) is 0 Å². The quantitative estimate of drug-likeness (QED) is 0.418. The lowest BCUT2D eigenvalue weighted by Crippen LogP contribution is -2.19. The summed E-state index contributed by atoms with van der Waals surface area (Å²) < 4.78 is 24.0. The van der Waals surface area contributed by atoms with Crippen LogP contribution >= 0.6 is 22.6 Å². The minimum Gasteiger partial charge on any atom is -0.507 e. The van der Waals surface area contributed by atoms with Gasteiger partial charge in [-0.1, -0.05) is 6.07 Å². The lowest BCUT2D eigenvalue weighted by molar-refractivity contribution is 0.0954. The molecule has 0 aliphatic heterocycles. The molecule has 8 heteroatoms. The van der Waals surface area contributed by atoms with Crippen molar-refractivity contribution in [1.29, 1.82) is 0 Å². The fourth-order valence-electron chi connectivity index (χ4n) is 1.93. The average molecular weight is 458 g/mol. The zero-order chi connectivity index (χ0) is 17.9. The van der Waals surface area contributed by atoms with E-state index < -0.39 is 15.7 Å². The molecule has 0 saturated heterocycles. The van der Waals surface area contributed by atoms with E-state index in [0.29, 0.717) is 11.3 Å². The number of phenolic OH excluding ortho intramolecular Hbond substituents is 1. The van der Waals surface area contributed by atoms with Gasteiger partial charge in [0, 0.05) is 21.0 Å². The molecular weight excluding hydrogens is 443 g/mol. The maximum atomic E-state index is 12.1. The average Bonchev–Trinajstić information content (AvgIpc) is 2.54. The van der Waals surface area contributed by atoms with Crippen LogP contribution in [0.3, 0.4) is 0 Å². The summed E-state index contributed by atoms with van der Waals surface area (Å²) in [6.45, 7) is 1.65. The van der Waals surface area contributed by atoms with Gasteiger partial charge >= 0.3 is 0 Å². The molecule has 24 heavy (non-hydrogen) atoms. The van der Waals surface area contributed by atoms with Crippen molar-refractivity contribution in [3.05, 3.63) is 57.2 Å². The topological polar surface area (TPSA) is 95.8 Å². The standard InChI is InChI=1S/C16H15IN2O4S/c1-10(14-9-12(17)6-7-15(14)20)18-19-16(21)11-4-3-5-13(8-11)24(2,22)23/h3-9,20H,1-2H3,(H,19,21)/b18-10+. The minimum absolute atomic E-state index is 0.0602. The van der Waals surface area contributed by atoms with Crippen LogP contribution in [-0.2, 0) is 9.84 Å². The number of nitrogens with one attached hydrogen (secondary N) is 1. The number of phenols is 1. The Hall–Kier alpha value is -1.94. The number of hydrazone groups is 1. The second-order valence-corrected chi connectivity index (χ2v) is 8.36. The molecule has 2 aromatic rings. The third-order valence-corrected chi connectivity index (χ3v) is 4.98. The summed E-state index contributed by atoms with van der Waals surface area (Å²) in [5.41, 5.74) is 3.48. The molecule has 1 amide bonds. The fourth-order valence-corrected chi connectivity index (χ4v) is 3.08. The number of rotatable bonds is 4. The number of sulfone groups is 1. The molecule has 0 aliphatic rings. The van der Waals surface area contributed by atoms with Crippen LogP contribution in [0.4, 0.5) is 0 Å². The van der Waals surface area contributed by atoms with Crippen molar-refractivity contribution in [2.24, 2.45) is 5.10 Å². The summed E-state index contributed by atoms with van der Waals surface area (Å²) >= 11 is 2.11. The Kier molecular flexibility index (Phi) is 5.60. The van der Waals surface area contributed by atoms with Crippen molar-refractivity contribution in [2.75, 3.05) is 6.26 Å². The molecular formula is C16H15IN2O4S. The molecule has 0 bridgehead atoms. The predicted octanol–water partition coefficient (Wildman–Crippen LogP) is 2.55. The second kappa shape index (κ2) is 7.31. The van der Waals surface area contributed by atoms with Gasteiger partial charge in [-0.05, 0) is 65.9 Å². The largest absolute Gasteiger partial charge is 0.507 e. The first-order valence-corrected chi connectivity index (χ1v) is 9.79. The normalized spacial score (nSPS) is 12.0. The Morgan fingerprint density at radius 3 is 2.58 bits per heavy atom. The molecule has 2 N–H and O–H groups in total. The molecule has 0 spiro atoms. The molecule has 0 unspecified atom stereocenters. The van der Waals surface area contributed by atoms with E-state index in [9.17, 15) is 18.3 Å². The molecule has 0 saturated carbocycles. The lowest BCUT2D eigenvalue weighted by atomic mass is 10.1. The first-order chi connectivity index (χ1) is 11.2. The SMILES string of the molecule is C/C(=N\NC(=O)c1cccc(S(C)(=O)=O)c1)c1cc(I)ccc1O. The van der Waals surface area contributed by atoms with E-state index in [1.807, 2.05) is 0 Å². The minimum atomic E-state index is -3.39. The van der Waals surface area contributed by atoms with Gasteiger partial charge in [-0.2, -0.15) is 5.10 Å². The number of carbonyl (C=O) groups excluding carboxylic acids is 1. The maximum Gasteiger partial charge on any atom is 0.271 e. The van der Waals surface area contributed by atoms with Gasteiger partial charge in [-0.25, -0.2) is 13.8 Å². The molecule has 6 nitrogen and oxygen atoms in total. The van der Waals surface area contributed by atoms with Crippen LogP contribution < -0.4 is 5.43 Å². The summed E-state index contributed by atoms with van der Waals surface area (Å²) in [5.74, 6) is -0.477. The van der Waals surface area contributed by atoms with E-state index in [1.165, 1.54) is 24.3 Å².